The molecule has 0 bridgehead atoms. The SMILES string of the molecule is O=C(NCCc1cccc(Cl)c1)c1ccc(NC(=O)c2cc3ccccc3o2)c(OCCc2ccc(O)cc2)c1.O=C(NCc1ccc(Cl)cc1)c1ccc(NC(=O)c2cc3ccccc3o2)c(OCCc2ccc(O)cc2)c1. The molecule has 0 atom stereocenters. The van der Waals surface area contributed by atoms with Crippen LogP contribution in [0.2, 0.25) is 10.0 Å². The molecule has 0 unspecified atom stereocenters. The van der Waals surface area contributed by atoms with Gasteiger partial charge in [-0.1, -0.05) is 108 Å². The Morgan fingerprint density at radius 2 is 0.911 bits per heavy atom. The van der Waals surface area contributed by atoms with Crippen LogP contribution in [0.1, 0.15) is 64.1 Å². The van der Waals surface area contributed by atoms with Gasteiger partial charge in [0.15, 0.2) is 11.5 Å². The van der Waals surface area contributed by atoms with Crippen LogP contribution in [0, 0.1) is 0 Å². The third-order valence-electron chi connectivity index (χ3n) is 12.4. The predicted octanol–water partition coefficient (Wildman–Crippen LogP) is 13.2. The molecule has 398 valence electrons. The van der Waals surface area contributed by atoms with Crippen LogP contribution in [-0.2, 0) is 25.8 Å². The molecule has 16 heteroatoms. The number of carbonyl (C=O) groups is 4. The van der Waals surface area contributed by atoms with E-state index in [1.807, 2.05) is 91.0 Å². The molecule has 0 saturated carbocycles. The third-order valence-corrected chi connectivity index (χ3v) is 12.9. The van der Waals surface area contributed by atoms with Gasteiger partial charge in [0, 0.05) is 57.9 Å². The number of rotatable bonds is 19. The van der Waals surface area contributed by atoms with Crippen molar-refractivity contribution < 1.29 is 47.7 Å². The van der Waals surface area contributed by atoms with Crippen molar-refractivity contribution in [3.8, 4) is 23.0 Å². The van der Waals surface area contributed by atoms with Crippen LogP contribution in [-0.4, -0.2) is 53.6 Å². The van der Waals surface area contributed by atoms with E-state index in [1.54, 1.807) is 103 Å². The Morgan fingerprint density at radius 3 is 1.41 bits per heavy atom. The van der Waals surface area contributed by atoms with Crippen molar-refractivity contribution in [2.75, 3.05) is 30.4 Å². The first kappa shape index (κ1) is 54.3. The molecule has 2 aromatic heterocycles. The first-order valence-electron chi connectivity index (χ1n) is 25.1. The summed E-state index contributed by atoms with van der Waals surface area (Å²) in [4.78, 5) is 51.8. The molecule has 10 rings (SSSR count). The van der Waals surface area contributed by atoms with E-state index in [9.17, 15) is 29.4 Å². The molecule has 4 amide bonds. The summed E-state index contributed by atoms with van der Waals surface area (Å²) in [6, 6.07) is 56.3. The van der Waals surface area contributed by atoms with E-state index in [-0.39, 0.29) is 48.0 Å². The van der Waals surface area contributed by atoms with Crippen molar-refractivity contribution in [2.24, 2.45) is 0 Å². The maximum atomic E-state index is 13.0. The molecule has 6 N–H and O–H groups in total. The number of carbonyl (C=O) groups excluding carboxylic acids is 4. The fourth-order valence-corrected chi connectivity index (χ4v) is 8.55. The van der Waals surface area contributed by atoms with E-state index in [0.29, 0.717) is 87.6 Å². The van der Waals surface area contributed by atoms with Gasteiger partial charge in [0.25, 0.3) is 23.6 Å². The summed E-state index contributed by atoms with van der Waals surface area (Å²) in [7, 11) is 0. The number of ether oxygens (including phenoxy) is 2. The Labute approximate surface area is 464 Å². The number of phenols is 2. The Bertz CT molecular complexity index is 3680. The zero-order valence-electron chi connectivity index (χ0n) is 42.3. The minimum Gasteiger partial charge on any atom is -0.508 e. The van der Waals surface area contributed by atoms with Crippen LogP contribution < -0.4 is 30.7 Å². The first-order valence-corrected chi connectivity index (χ1v) is 25.9. The number of amides is 4. The van der Waals surface area contributed by atoms with Crippen LogP contribution in [0.5, 0.6) is 23.0 Å². The number of para-hydroxylation sites is 2. The Hall–Kier alpha value is -9.50. The number of phenolic OH excluding ortho intramolecular Hbond substituents is 2. The molecule has 0 aliphatic carbocycles. The van der Waals surface area contributed by atoms with Gasteiger partial charge in [0.1, 0.15) is 34.2 Å². The molecule has 0 saturated heterocycles. The number of fused-ring (bicyclic) bond motifs is 2. The molecule has 10 aromatic rings. The number of aromatic hydroxyl groups is 2. The van der Waals surface area contributed by atoms with Gasteiger partial charge in [0.2, 0.25) is 0 Å². The highest BCUT2D eigenvalue weighted by Gasteiger charge is 2.19. The highest BCUT2D eigenvalue weighted by molar-refractivity contribution is 6.30. The van der Waals surface area contributed by atoms with Crippen molar-refractivity contribution in [3.05, 3.63) is 249 Å². The van der Waals surface area contributed by atoms with E-state index in [2.05, 4.69) is 21.3 Å². The smallest absolute Gasteiger partial charge is 0.291 e. The number of anilines is 2. The highest BCUT2D eigenvalue weighted by atomic mass is 35.5. The lowest BCUT2D eigenvalue weighted by atomic mass is 10.1. The van der Waals surface area contributed by atoms with E-state index < -0.39 is 11.8 Å². The predicted molar refractivity (Wildman–Crippen MR) is 306 cm³/mol. The highest BCUT2D eigenvalue weighted by Crippen LogP contribution is 2.30. The molecule has 0 aliphatic rings. The van der Waals surface area contributed by atoms with Gasteiger partial charge in [-0.3, -0.25) is 19.2 Å². The maximum Gasteiger partial charge on any atom is 0.291 e. The van der Waals surface area contributed by atoms with Crippen LogP contribution in [0.15, 0.2) is 203 Å². The average molecular weight is 1100 g/mol. The summed E-state index contributed by atoms with van der Waals surface area (Å²) >= 11 is 12.0. The van der Waals surface area contributed by atoms with Crippen molar-refractivity contribution in [2.45, 2.75) is 25.8 Å². The van der Waals surface area contributed by atoms with Crippen LogP contribution in [0.4, 0.5) is 11.4 Å². The zero-order valence-corrected chi connectivity index (χ0v) is 43.9. The Morgan fingerprint density at radius 1 is 0.430 bits per heavy atom. The van der Waals surface area contributed by atoms with Gasteiger partial charge in [-0.2, -0.15) is 0 Å². The third kappa shape index (κ3) is 15.1. The van der Waals surface area contributed by atoms with E-state index in [1.165, 1.54) is 0 Å². The fourth-order valence-electron chi connectivity index (χ4n) is 8.21. The quantitative estimate of drug-likeness (QED) is 0.0452. The molecular formula is C63H52Cl2N4O10. The van der Waals surface area contributed by atoms with Gasteiger partial charge < -0.3 is 49.8 Å². The molecule has 14 nitrogen and oxygen atoms in total. The van der Waals surface area contributed by atoms with Gasteiger partial charge in [-0.15, -0.1) is 0 Å². The first-order chi connectivity index (χ1) is 38.4. The minimum atomic E-state index is -0.436. The summed E-state index contributed by atoms with van der Waals surface area (Å²) in [5.41, 5.74) is 6.69. The number of benzene rings is 8. The molecule has 0 aliphatic heterocycles. The van der Waals surface area contributed by atoms with E-state index in [0.717, 1.165) is 33.0 Å². The molecule has 8 aromatic carbocycles. The second-order valence-electron chi connectivity index (χ2n) is 18.1. The molecule has 0 fully saturated rings. The molecule has 79 heavy (non-hydrogen) atoms. The maximum absolute atomic E-state index is 13.0. The summed E-state index contributed by atoms with van der Waals surface area (Å²) in [6.45, 7) is 1.34. The largest absolute Gasteiger partial charge is 0.508 e. The number of halogens is 2. The van der Waals surface area contributed by atoms with Crippen LogP contribution >= 0.6 is 23.2 Å². The lowest BCUT2D eigenvalue weighted by Gasteiger charge is -2.14. The standard InChI is InChI=1S/C32H27ClN2O5.C31H25ClN2O5/c33-25-6-3-4-22(18-25)14-16-34-31(37)24-10-13-27(29(20-24)39-17-15-21-8-11-26(36)12-9-21)35-32(38)30-19-23-5-1-2-7-28(23)40-30;32-24-10-5-21(6-11-24)19-33-30(36)23-9-14-26(28(18-23)38-16-15-20-7-12-25(35)13-8-20)34-31(37)29-17-22-3-1-2-4-27(22)39-29/h1-13,18-20,36H,14-17H2,(H,34,37)(H,35,38);1-14,17-18,35H,15-16,19H2,(H,33,36)(H,34,37). The Kier molecular flexibility index (Phi) is 17.9. The van der Waals surface area contributed by atoms with Crippen molar-refractivity contribution in [1.82, 2.24) is 10.6 Å². The normalized spacial score (nSPS) is 10.8. The molecular weight excluding hydrogens is 1040 g/mol. The summed E-state index contributed by atoms with van der Waals surface area (Å²) in [6.07, 6.45) is 1.76. The van der Waals surface area contributed by atoms with Crippen LogP contribution in [0.25, 0.3) is 21.9 Å². The van der Waals surface area contributed by atoms with Crippen molar-refractivity contribution in [3.63, 3.8) is 0 Å². The van der Waals surface area contributed by atoms with Gasteiger partial charge in [0.05, 0.1) is 24.6 Å². The number of hydrogen-bond acceptors (Lipinski definition) is 10. The topological polar surface area (TPSA) is 202 Å². The van der Waals surface area contributed by atoms with Gasteiger partial charge >= 0.3 is 0 Å². The second kappa shape index (κ2) is 26.0. The fraction of sp³-hybridized carbons (Fsp3) is 0.111. The lowest BCUT2D eigenvalue weighted by Crippen LogP contribution is -2.25. The zero-order chi connectivity index (χ0) is 55.1. The molecule has 2 heterocycles. The summed E-state index contributed by atoms with van der Waals surface area (Å²) in [5.74, 6) is -0.0167. The number of nitrogens with one attached hydrogen (secondary N) is 4. The average Bonchev–Trinajstić information content (AvgIpc) is 4.11. The summed E-state index contributed by atoms with van der Waals surface area (Å²) < 4.78 is 23.5. The van der Waals surface area contributed by atoms with Crippen molar-refractivity contribution >= 4 is 80.1 Å². The van der Waals surface area contributed by atoms with E-state index >= 15 is 0 Å². The molecule has 0 radical (unpaired) electrons. The minimum absolute atomic E-state index is 0.163. The number of hydrogen-bond donors (Lipinski definition) is 6. The van der Waals surface area contributed by atoms with E-state index in [4.69, 9.17) is 41.5 Å². The molecule has 0 spiro atoms. The number of furan rings is 2. The van der Waals surface area contributed by atoms with Gasteiger partial charge in [-0.25, -0.2) is 0 Å². The van der Waals surface area contributed by atoms with Crippen LogP contribution in [0.3, 0.4) is 0 Å². The lowest BCUT2D eigenvalue weighted by molar-refractivity contribution is 0.0944. The summed E-state index contributed by atoms with van der Waals surface area (Å²) in [5, 5.41) is 33.4. The van der Waals surface area contributed by atoms with Crippen molar-refractivity contribution in [1.29, 1.82) is 0 Å². The Balaban J connectivity index is 0.000000192. The monoisotopic (exact) mass is 1090 g/mol. The van der Waals surface area contributed by atoms with Gasteiger partial charge in [-0.05, 0) is 138 Å². The second-order valence-corrected chi connectivity index (χ2v) is 19.0.